The minimum Gasteiger partial charge on any atom is -0.489 e. The van der Waals surface area contributed by atoms with Crippen LogP contribution in [0.1, 0.15) is 13.3 Å². The molecule has 2 aliphatic rings. The molecule has 0 radical (unpaired) electrons. The van der Waals surface area contributed by atoms with Crippen LogP contribution >= 0.6 is 11.6 Å². The lowest BCUT2D eigenvalue weighted by Gasteiger charge is -2.41. The summed E-state index contributed by atoms with van der Waals surface area (Å²) in [5.74, 6) is 0.689. The van der Waals surface area contributed by atoms with Gasteiger partial charge in [-0.25, -0.2) is 4.79 Å². The van der Waals surface area contributed by atoms with Crippen molar-refractivity contribution in [3.05, 3.63) is 23.2 Å². The summed E-state index contributed by atoms with van der Waals surface area (Å²) >= 11 is 5.95. The smallest absolute Gasteiger partial charge is 0.324 e. The van der Waals surface area contributed by atoms with Crippen LogP contribution in [0.4, 0.5) is 10.5 Å². The van der Waals surface area contributed by atoms with E-state index >= 15 is 0 Å². The van der Waals surface area contributed by atoms with E-state index in [9.17, 15) is 4.79 Å². The van der Waals surface area contributed by atoms with Crippen molar-refractivity contribution in [2.45, 2.75) is 19.4 Å². The first-order chi connectivity index (χ1) is 8.66. The zero-order chi connectivity index (χ0) is 12.7. The first-order valence-corrected chi connectivity index (χ1v) is 6.55. The summed E-state index contributed by atoms with van der Waals surface area (Å²) < 4.78 is 5.63. The Morgan fingerprint density at radius 1 is 1.44 bits per heavy atom. The number of hydrogen-bond acceptors (Lipinski definition) is 2. The fraction of sp³-hybridized carbons (Fsp3) is 0.462. The normalized spacial score (nSPS) is 22.0. The summed E-state index contributed by atoms with van der Waals surface area (Å²) in [5, 5.41) is 0.625. The van der Waals surface area contributed by atoms with Crippen LogP contribution in [0.15, 0.2) is 18.2 Å². The number of fused-ring (bicyclic) bond motifs is 1. The summed E-state index contributed by atoms with van der Waals surface area (Å²) in [7, 11) is 0. The molecular weight excluding hydrogens is 252 g/mol. The van der Waals surface area contributed by atoms with Crippen molar-refractivity contribution in [1.29, 1.82) is 0 Å². The van der Waals surface area contributed by atoms with Gasteiger partial charge < -0.3 is 9.64 Å². The molecule has 0 saturated carbocycles. The van der Waals surface area contributed by atoms with Crippen molar-refractivity contribution in [3.63, 3.8) is 0 Å². The molecule has 4 nitrogen and oxygen atoms in total. The van der Waals surface area contributed by atoms with Gasteiger partial charge in [0.2, 0.25) is 0 Å². The predicted molar refractivity (Wildman–Crippen MR) is 70.5 cm³/mol. The van der Waals surface area contributed by atoms with E-state index in [1.807, 2.05) is 22.8 Å². The van der Waals surface area contributed by atoms with Crippen LogP contribution < -0.4 is 9.64 Å². The molecule has 1 saturated heterocycles. The zero-order valence-corrected chi connectivity index (χ0v) is 11.0. The first kappa shape index (κ1) is 11.7. The predicted octanol–water partition coefficient (Wildman–Crippen LogP) is 2.75. The molecule has 2 heterocycles. The number of hydrogen-bond donors (Lipinski definition) is 0. The number of rotatable bonds is 0. The number of likely N-dealkylation sites (tertiary alicyclic amines) is 1. The number of ether oxygens (including phenoxy) is 1. The zero-order valence-electron chi connectivity index (χ0n) is 10.2. The Balaban J connectivity index is 1.95. The quantitative estimate of drug-likeness (QED) is 0.723. The third kappa shape index (κ3) is 1.81. The standard InChI is InChI=1S/C13H15ClN2O2/c1-9-8-18-12-7-10(14)3-4-11(12)16(9)13(17)15-5-2-6-15/h3-4,7,9H,2,5-6,8H2,1H3. The molecule has 2 amide bonds. The largest absolute Gasteiger partial charge is 0.489 e. The second-order valence-corrected chi connectivity index (χ2v) is 5.20. The number of nitrogens with zero attached hydrogens (tertiary/aromatic N) is 2. The molecule has 1 atom stereocenters. The SMILES string of the molecule is CC1COc2cc(Cl)ccc2N1C(=O)N1CCC1. The van der Waals surface area contributed by atoms with Gasteiger partial charge in [-0.1, -0.05) is 11.6 Å². The molecule has 0 bridgehead atoms. The lowest BCUT2D eigenvalue weighted by atomic mass is 10.1. The molecule has 5 heteroatoms. The molecule has 0 N–H and O–H groups in total. The Morgan fingerprint density at radius 3 is 2.89 bits per heavy atom. The fourth-order valence-corrected chi connectivity index (χ4v) is 2.44. The lowest BCUT2D eigenvalue weighted by molar-refractivity contribution is 0.166. The van der Waals surface area contributed by atoms with Crippen LogP contribution in [0.25, 0.3) is 0 Å². The minimum atomic E-state index is 0.0479. The summed E-state index contributed by atoms with van der Waals surface area (Å²) in [5.41, 5.74) is 0.815. The number of carbonyl (C=O) groups is 1. The monoisotopic (exact) mass is 266 g/mol. The van der Waals surface area contributed by atoms with Crippen LogP contribution in [-0.4, -0.2) is 36.7 Å². The van der Waals surface area contributed by atoms with Crippen LogP contribution in [0.2, 0.25) is 5.02 Å². The molecule has 96 valence electrons. The van der Waals surface area contributed by atoms with Crippen molar-refractivity contribution < 1.29 is 9.53 Å². The van der Waals surface area contributed by atoms with Gasteiger partial charge in [-0.3, -0.25) is 4.90 Å². The second-order valence-electron chi connectivity index (χ2n) is 4.77. The topological polar surface area (TPSA) is 32.8 Å². The van der Waals surface area contributed by atoms with Crippen molar-refractivity contribution in [2.24, 2.45) is 0 Å². The van der Waals surface area contributed by atoms with Gasteiger partial charge in [-0.05, 0) is 25.5 Å². The number of halogens is 1. The van der Waals surface area contributed by atoms with Crippen molar-refractivity contribution in [1.82, 2.24) is 4.90 Å². The molecule has 1 aromatic rings. The minimum absolute atomic E-state index is 0.0479. The van der Waals surface area contributed by atoms with E-state index in [0.717, 1.165) is 25.2 Å². The summed E-state index contributed by atoms with van der Waals surface area (Å²) in [6, 6.07) is 5.52. The molecule has 1 aromatic carbocycles. The maximum atomic E-state index is 12.4. The van der Waals surface area contributed by atoms with Crippen LogP contribution in [0.3, 0.4) is 0 Å². The highest BCUT2D eigenvalue weighted by Gasteiger charge is 2.34. The molecule has 0 spiro atoms. The van der Waals surface area contributed by atoms with Crippen LogP contribution in [0, 0.1) is 0 Å². The second kappa shape index (κ2) is 4.35. The third-order valence-electron chi connectivity index (χ3n) is 3.43. The van der Waals surface area contributed by atoms with E-state index in [1.54, 1.807) is 12.1 Å². The van der Waals surface area contributed by atoms with Gasteiger partial charge in [0.05, 0.1) is 11.7 Å². The van der Waals surface area contributed by atoms with Gasteiger partial charge in [-0.2, -0.15) is 0 Å². The first-order valence-electron chi connectivity index (χ1n) is 6.17. The Morgan fingerprint density at radius 2 is 2.22 bits per heavy atom. The Labute approximate surface area is 111 Å². The summed E-state index contributed by atoms with van der Waals surface area (Å²) in [4.78, 5) is 16.1. The van der Waals surface area contributed by atoms with E-state index < -0.39 is 0 Å². The van der Waals surface area contributed by atoms with Crippen LogP contribution in [-0.2, 0) is 0 Å². The van der Waals surface area contributed by atoms with E-state index in [2.05, 4.69) is 0 Å². The highest BCUT2D eigenvalue weighted by molar-refractivity contribution is 6.30. The summed E-state index contributed by atoms with van der Waals surface area (Å²) in [6.07, 6.45) is 1.10. The number of amides is 2. The lowest BCUT2D eigenvalue weighted by Crippen LogP contribution is -2.55. The van der Waals surface area contributed by atoms with Gasteiger partial charge in [0, 0.05) is 24.2 Å². The van der Waals surface area contributed by atoms with Gasteiger partial charge in [-0.15, -0.1) is 0 Å². The average Bonchev–Trinajstić information content (AvgIpc) is 2.26. The Kier molecular flexibility index (Phi) is 2.82. The maximum absolute atomic E-state index is 12.4. The molecule has 2 aliphatic heterocycles. The van der Waals surface area contributed by atoms with Gasteiger partial charge in [0.15, 0.2) is 0 Å². The highest BCUT2D eigenvalue weighted by Crippen LogP contribution is 2.36. The fourth-order valence-electron chi connectivity index (χ4n) is 2.28. The molecule has 18 heavy (non-hydrogen) atoms. The highest BCUT2D eigenvalue weighted by atomic mass is 35.5. The Bertz CT molecular complexity index is 488. The van der Waals surface area contributed by atoms with Gasteiger partial charge in [0.1, 0.15) is 12.4 Å². The number of urea groups is 1. The molecule has 1 unspecified atom stereocenters. The molecule has 1 fully saturated rings. The maximum Gasteiger partial charge on any atom is 0.324 e. The van der Waals surface area contributed by atoms with Gasteiger partial charge in [0.25, 0.3) is 0 Å². The Hall–Kier alpha value is -1.42. The van der Waals surface area contributed by atoms with E-state index in [1.165, 1.54) is 0 Å². The van der Waals surface area contributed by atoms with Gasteiger partial charge >= 0.3 is 6.03 Å². The van der Waals surface area contributed by atoms with E-state index in [0.29, 0.717) is 17.4 Å². The van der Waals surface area contributed by atoms with Crippen molar-refractivity contribution >= 4 is 23.3 Å². The number of carbonyl (C=O) groups excluding carboxylic acids is 1. The van der Waals surface area contributed by atoms with Crippen molar-refractivity contribution in [3.8, 4) is 5.75 Å². The average molecular weight is 267 g/mol. The summed E-state index contributed by atoms with van der Waals surface area (Å²) in [6.45, 7) is 4.21. The molecule has 0 aromatic heterocycles. The van der Waals surface area contributed by atoms with Crippen molar-refractivity contribution in [2.75, 3.05) is 24.6 Å². The number of benzene rings is 1. The molecule has 0 aliphatic carbocycles. The number of anilines is 1. The van der Waals surface area contributed by atoms with E-state index in [4.69, 9.17) is 16.3 Å². The van der Waals surface area contributed by atoms with E-state index in [-0.39, 0.29) is 12.1 Å². The van der Waals surface area contributed by atoms with Crippen LogP contribution in [0.5, 0.6) is 5.75 Å². The third-order valence-corrected chi connectivity index (χ3v) is 3.67. The molecule has 3 rings (SSSR count). The molecular formula is C13H15ClN2O2.